The highest BCUT2D eigenvalue weighted by atomic mass is 19.4. The van der Waals surface area contributed by atoms with E-state index in [4.69, 9.17) is 0 Å². The van der Waals surface area contributed by atoms with E-state index in [9.17, 15) is 48.7 Å². The number of piperidine rings is 1. The van der Waals surface area contributed by atoms with Crippen LogP contribution in [0, 0.1) is 11.7 Å². The van der Waals surface area contributed by atoms with Crippen LogP contribution in [0.3, 0.4) is 0 Å². The first-order valence-electron chi connectivity index (χ1n) is 15.8. The first-order valence-corrected chi connectivity index (χ1v) is 15.8. The molecule has 0 aliphatic carbocycles. The fourth-order valence-electron chi connectivity index (χ4n) is 6.38. The zero-order valence-electron chi connectivity index (χ0n) is 27.2. The van der Waals surface area contributed by atoms with Crippen molar-refractivity contribution >= 4 is 11.7 Å². The Bertz CT molecular complexity index is 1790. The lowest BCUT2D eigenvalue weighted by molar-refractivity contribution is -0.143. The van der Waals surface area contributed by atoms with Crippen molar-refractivity contribution in [2.45, 2.75) is 63.8 Å². The van der Waals surface area contributed by atoms with Crippen LogP contribution in [0.1, 0.15) is 76.0 Å². The average molecular weight is 731 g/mol. The van der Waals surface area contributed by atoms with Crippen LogP contribution in [-0.4, -0.2) is 44.0 Å². The van der Waals surface area contributed by atoms with Crippen LogP contribution in [0.5, 0.6) is 0 Å². The number of hydrogen-bond acceptors (Lipinski definition) is 6. The predicted molar refractivity (Wildman–Crippen MR) is 165 cm³/mol. The molecule has 3 aromatic carbocycles. The lowest BCUT2D eigenvalue weighted by atomic mass is 9.86. The van der Waals surface area contributed by atoms with Gasteiger partial charge in [0.2, 0.25) is 0 Å². The molecule has 1 aliphatic rings. The molecule has 4 aromatic rings. The zero-order chi connectivity index (χ0) is 37.3. The van der Waals surface area contributed by atoms with Crippen molar-refractivity contribution in [3.05, 3.63) is 105 Å². The van der Waals surface area contributed by atoms with E-state index in [0.717, 1.165) is 16.9 Å². The zero-order valence-corrected chi connectivity index (χ0v) is 27.2. The second-order valence-corrected chi connectivity index (χ2v) is 12.4. The molecule has 51 heavy (non-hydrogen) atoms. The van der Waals surface area contributed by atoms with Gasteiger partial charge in [0.05, 0.1) is 23.7 Å². The Morgan fingerprint density at radius 1 is 0.824 bits per heavy atom. The van der Waals surface area contributed by atoms with Crippen LogP contribution in [0.4, 0.5) is 49.9 Å². The lowest BCUT2D eigenvalue weighted by Crippen LogP contribution is -2.39. The summed E-state index contributed by atoms with van der Waals surface area (Å²) in [7, 11) is 1.37. The summed E-state index contributed by atoms with van der Waals surface area (Å²) in [4.78, 5) is 17.3. The summed E-state index contributed by atoms with van der Waals surface area (Å²) >= 11 is 0. The molecule has 0 amide bonds. The molecule has 2 heterocycles. The van der Waals surface area contributed by atoms with Gasteiger partial charge in [0.1, 0.15) is 5.82 Å². The number of halogens is 10. The number of rotatable bonds is 10. The number of tetrazole rings is 1. The predicted octanol–water partition coefficient (Wildman–Crippen LogP) is 8.66. The van der Waals surface area contributed by atoms with Crippen molar-refractivity contribution in [3.63, 3.8) is 0 Å². The number of aryl methyl sites for hydroxylation is 1. The molecule has 5 rings (SSSR count). The van der Waals surface area contributed by atoms with Gasteiger partial charge in [0, 0.05) is 30.6 Å². The minimum absolute atomic E-state index is 0.0123. The molecule has 1 unspecified atom stereocenters. The molecule has 1 aliphatic heterocycles. The summed E-state index contributed by atoms with van der Waals surface area (Å²) in [6.07, 6.45) is -13.7. The molecule has 0 saturated carbocycles. The fraction of sp³-hybridized carbons (Fsp3) is 0.412. The maximum atomic E-state index is 14.0. The number of anilines is 1. The van der Waals surface area contributed by atoms with Crippen LogP contribution < -0.4 is 4.90 Å². The molecule has 0 bridgehead atoms. The van der Waals surface area contributed by atoms with Gasteiger partial charge < -0.3 is 4.90 Å². The van der Waals surface area contributed by atoms with Gasteiger partial charge in [-0.15, -0.1) is 5.10 Å². The van der Waals surface area contributed by atoms with Crippen LogP contribution >= 0.6 is 0 Å². The Kier molecular flexibility index (Phi) is 10.8. The number of carbonyl (C=O) groups is 1. The summed E-state index contributed by atoms with van der Waals surface area (Å²) in [5.74, 6) is -1.22. The van der Waals surface area contributed by atoms with Crippen LogP contribution in [0.25, 0.3) is 0 Å². The Balaban J connectivity index is 1.49. The topological polar surface area (TPSA) is 67.2 Å². The Morgan fingerprint density at radius 3 is 1.92 bits per heavy atom. The number of carbonyl (C=O) groups excluding carboxylic acids is 1. The molecule has 1 saturated heterocycles. The number of nitrogens with zero attached hydrogens (tertiary/aromatic N) is 6. The molecule has 1 atom stereocenters. The van der Waals surface area contributed by atoms with Crippen molar-refractivity contribution in [2.24, 2.45) is 13.0 Å². The molecule has 0 N–H and O–H groups in total. The van der Waals surface area contributed by atoms with Gasteiger partial charge in [-0.25, -0.2) is 4.39 Å². The first-order chi connectivity index (χ1) is 23.8. The number of Topliss-reactive ketones (excluding diaryl/α,β-unsaturated/α-hetero) is 1. The molecule has 1 fully saturated rings. The Hall–Kier alpha value is -4.54. The molecular formula is C34H32F10N6O. The molecule has 0 spiro atoms. The molecule has 1 aromatic heterocycles. The van der Waals surface area contributed by atoms with E-state index in [1.165, 1.54) is 42.3 Å². The van der Waals surface area contributed by atoms with Crippen molar-refractivity contribution in [1.82, 2.24) is 25.1 Å². The van der Waals surface area contributed by atoms with Crippen molar-refractivity contribution in [1.29, 1.82) is 0 Å². The summed E-state index contributed by atoms with van der Waals surface area (Å²) in [5, 5.41) is 11.6. The quantitative estimate of drug-likeness (QED) is 0.120. The van der Waals surface area contributed by atoms with Gasteiger partial charge >= 0.3 is 18.5 Å². The third-order valence-corrected chi connectivity index (χ3v) is 8.85. The van der Waals surface area contributed by atoms with Gasteiger partial charge in [-0.1, -0.05) is 18.1 Å². The average Bonchev–Trinajstić information content (AvgIpc) is 3.50. The number of hydrogen-bond donors (Lipinski definition) is 0. The Labute approximate surface area is 285 Å². The van der Waals surface area contributed by atoms with E-state index in [1.807, 2.05) is 11.8 Å². The van der Waals surface area contributed by atoms with E-state index < -0.39 is 65.7 Å². The van der Waals surface area contributed by atoms with Gasteiger partial charge in [-0.2, -0.15) is 44.3 Å². The maximum absolute atomic E-state index is 14.0. The normalized spacial score (nSPS) is 15.6. The van der Waals surface area contributed by atoms with Crippen LogP contribution in [0.2, 0.25) is 0 Å². The summed E-state index contributed by atoms with van der Waals surface area (Å²) in [6, 6.07) is 8.95. The molecule has 7 nitrogen and oxygen atoms in total. The van der Waals surface area contributed by atoms with Crippen LogP contribution in [-0.2, 0) is 38.7 Å². The third kappa shape index (κ3) is 9.04. The molecular weight excluding hydrogens is 698 g/mol. The molecule has 274 valence electrons. The second-order valence-electron chi connectivity index (χ2n) is 12.4. The van der Waals surface area contributed by atoms with Gasteiger partial charge in [-0.3, -0.25) is 9.69 Å². The monoisotopic (exact) mass is 730 g/mol. The number of likely N-dealkylation sites (tertiary alicyclic amines) is 1. The first kappa shape index (κ1) is 37.7. The fourth-order valence-corrected chi connectivity index (χ4v) is 6.38. The van der Waals surface area contributed by atoms with Gasteiger partial charge in [0.15, 0.2) is 5.78 Å². The lowest BCUT2D eigenvalue weighted by Gasteiger charge is -2.38. The summed E-state index contributed by atoms with van der Waals surface area (Å²) < 4.78 is 137. The van der Waals surface area contributed by atoms with Gasteiger partial charge in [0.25, 0.3) is 5.95 Å². The second kappa shape index (κ2) is 14.6. The highest BCUT2D eigenvalue weighted by Crippen LogP contribution is 2.39. The number of alkyl halides is 9. The number of benzene rings is 3. The summed E-state index contributed by atoms with van der Waals surface area (Å²) in [6.45, 7) is 1.55. The van der Waals surface area contributed by atoms with Crippen molar-refractivity contribution in [3.8, 4) is 0 Å². The van der Waals surface area contributed by atoms with Crippen LogP contribution in [0.15, 0.2) is 60.7 Å². The smallest absolute Gasteiger partial charge is 0.330 e. The van der Waals surface area contributed by atoms with E-state index in [1.54, 1.807) is 0 Å². The minimum atomic E-state index is -5.12. The van der Waals surface area contributed by atoms with Crippen molar-refractivity contribution in [2.75, 3.05) is 18.0 Å². The van der Waals surface area contributed by atoms with E-state index in [2.05, 4.69) is 15.4 Å². The maximum Gasteiger partial charge on any atom is 0.416 e. The third-order valence-electron chi connectivity index (χ3n) is 8.85. The highest BCUT2D eigenvalue weighted by Gasteiger charge is 2.38. The molecule has 17 heteroatoms. The minimum Gasteiger partial charge on any atom is -0.330 e. The Morgan fingerprint density at radius 2 is 1.41 bits per heavy atom. The standard InChI is InChI=1S/C34H32F10N6O/c1-3-29(49-12-10-22(11-13-49)30(51)21-4-7-27(35)8-5-21)28-9-6-24(32(36,37)38)16-23(28)19-50(31-45-47-48(2)46-31)18-20-14-25(33(39,40)41)17-26(15-20)34(42,43)44/h4-9,14-17,22,29H,3,10-13,18-19H2,1-2H3. The number of ketones is 1. The van der Waals surface area contributed by atoms with E-state index >= 15 is 0 Å². The van der Waals surface area contributed by atoms with E-state index in [0.29, 0.717) is 55.6 Å². The summed E-state index contributed by atoms with van der Waals surface area (Å²) in [5.41, 5.74) is -3.63. The molecule has 0 radical (unpaired) electrons. The van der Waals surface area contributed by atoms with Gasteiger partial charge in [-0.05, 0) is 109 Å². The van der Waals surface area contributed by atoms with E-state index in [-0.39, 0.29) is 29.3 Å². The highest BCUT2D eigenvalue weighted by molar-refractivity contribution is 5.97. The SMILES string of the molecule is CCC(c1ccc(C(F)(F)F)cc1CN(Cc1cc(C(F)(F)F)cc(C(F)(F)F)c1)c1nnn(C)n1)N1CCC(C(=O)c2ccc(F)cc2)CC1. The largest absolute Gasteiger partial charge is 0.416 e. The number of aromatic nitrogens is 4. The van der Waals surface area contributed by atoms with Crippen molar-refractivity contribution < 1.29 is 48.7 Å².